The van der Waals surface area contributed by atoms with Crippen molar-refractivity contribution in [1.82, 2.24) is 5.32 Å². The topological polar surface area (TPSA) is 12.0 Å². The molecule has 0 bridgehead atoms. The molecule has 0 unspecified atom stereocenters. The second-order valence-electron chi connectivity index (χ2n) is 3.35. The Labute approximate surface area is 95.0 Å². The van der Waals surface area contributed by atoms with Crippen LogP contribution in [0.5, 0.6) is 0 Å². The van der Waals surface area contributed by atoms with Gasteiger partial charge in [0.25, 0.3) is 0 Å². The van der Waals surface area contributed by atoms with E-state index >= 15 is 0 Å². The number of halogens is 2. The summed E-state index contributed by atoms with van der Waals surface area (Å²) in [6.45, 7) is 2.81. The second-order valence-corrected chi connectivity index (χ2v) is 3.79. The van der Waals surface area contributed by atoms with Crippen molar-refractivity contribution in [3.05, 3.63) is 40.2 Å². The van der Waals surface area contributed by atoms with Gasteiger partial charge in [-0.3, -0.25) is 0 Å². The lowest BCUT2D eigenvalue weighted by Gasteiger charge is -2.04. The van der Waals surface area contributed by atoms with E-state index in [0.717, 1.165) is 18.5 Å². The zero-order valence-electron chi connectivity index (χ0n) is 8.98. The number of likely N-dealkylation sites (N-methyl/N-ethyl adjacent to an activating group) is 1. The smallest absolute Gasteiger partial charge is 0.130 e. The van der Waals surface area contributed by atoms with Crippen molar-refractivity contribution < 1.29 is 4.39 Å². The Hall–Kier alpha value is -0.860. The fourth-order valence-corrected chi connectivity index (χ4v) is 1.53. The van der Waals surface area contributed by atoms with E-state index in [1.807, 2.05) is 20.0 Å². The van der Waals surface area contributed by atoms with E-state index < -0.39 is 0 Å². The van der Waals surface area contributed by atoms with Crippen LogP contribution in [0.15, 0.2) is 23.8 Å². The van der Waals surface area contributed by atoms with Crippen LogP contribution in [0.1, 0.15) is 18.9 Å². The highest BCUT2D eigenvalue weighted by Gasteiger charge is 2.01. The van der Waals surface area contributed by atoms with Gasteiger partial charge in [-0.25, -0.2) is 4.39 Å². The summed E-state index contributed by atoms with van der Waals surface area (Å²) in [4.78, 5) is 0. The number of benzene rings is 1. The third-order valence-electron chi connectivity index (χ3n) is 2.18. The summed E-state index contributed by atoms with van der Waals surface area (Å²) in [6, 6.07) is 4.58. The first kappa shape index (κ1) is 12.2. The van der Waals surface area contributed by atoms with E-state index in [-0.39, 0.29) is 5.82 Å². The molecule has 0 radical (unpaired) electrons. The van der Waals surface area contributed by atoms with Crippen molar-refractivity contribution in [3.8, 4) is 0 Å². The van der Waals surface area contributed by atoms with Gasteiger partial charge in [-0.2, -0.15) is 0 Å². The fraction of sp³-hybridized carbons (Fsp3) is 0.333. The average Bonchev–Trinajstić information content (AvgIpc) is 2.22. The molecule has 0 amide bonds. The first-order valence-electron chi connectivity index (χ1n) is 4.96. The van der Waals surface area contributed by atoms with Gasteiger partial charge in [0.05, 0.1) is 0 Å². The molecule has 0 aliphatic heterocycles. The number of hydrogen-bond donors (Lipinski definition) is 1. The SMILES string of the molecule is CC/C(=C/c1cc(Cl)ccc1F)CNC. The summed E-state index contributed by atoms with van der Waals surface area (Å²) in [7, 11) is 1.87. The third kappa shape index (κ3) is 3.65. The van der Waals surface area contributed by atoms with Crippen LogP contribution in [-0.2, 0) is 0 Å². The normalized spacial score (nSPS) is 11.9. The standard InChI is InChI=1S/C12H15ClFN/c1-3-9(8-15-2)6-10-7-11(13)4-5-12(10)14/h4-7,15H,3,8H2,1-2H3/b9-6-. The predicted octanol–water partition coefficient (Wildman–Crippen LogP) is 3.49. The molecule has 0 aliphatic rings. The first-order chi connectivity index (χ1) is 7.17. The molecule has 1 aromatic rings. The summed E-state index contributed by atoms with van der Waals surface area (Å²) in [5.41, 5.74) is 1.70. The molecule has 1 nitrogen and oxygen atoms in total. The molecule has 0 saturated carbocycles. The van der Waals surface area contributed by atoms with Gasteiger partial charge in [0.2, 0.25) is 0 Å². The number of hydrogen-bond acceptors (Lipinski definition) is 1. The molecule has 82 valence electrons. The van der Waals surface area contributed by atoms with E-state index in [9.17, 15) is 4.39 Å². The van der Waals surface area contributed by atoms with Gasteiger partial charge in [-0.15, -0.1) is 0 Å². The summed E-state index contributed by atoms with van der Waals surface area (Å²) in [5.74, 6) is -0.235. The number of rotatable bonds is 4. The molecular formula is C12H15ClFN. The van der Waals surface area contributed by atoms with Gasteiger partial charge in [-0.1, -0.05) is 30.2 Å². The van der Waals surface area contributed by atoms with Gasteiger partial charge in [-0.05, 0) is 31.7 Å². The lowest BCUT2D eigenvalue weighted by atomic mass is 10.1. The lowest BCUT2D eigenvalue weighted by Crippen LogP contribution is -2.09. The monoisotopic (exact) mass is 227 g/mol. The largest absolute Gasteiger partial charge is 0.316 e. The molecule has 15 heavy (non-hydrogen) atoms. The van der Waals surface area contributed by atoms with Crippen LogP contribution >= 0.6 is 11.6 Å². The fourth-order valence-electron chi connectivity index (χ4n) is 1.35. The second kappa shape index (κ2) is 5.89. The Morgan fingerprint density at radius 3 is 2.87 bits per heavy atom. The lowest BCUT2D eigenvalue weighted by molar-refractivity contribution is 0.625. The zero-order chi connectivity index (χ0) is 11.3. The Balaban J connectivity index is 2.99. The zero-order valence-corrected chi connectivity index (χ0v) is 9.74. The van der Waals surface area contributed by atoms with E-state index in [2.05, 4.69) is 5.32 Å². The molecule has 1 aromatic carbocycles. The highest BCUT2D eigenvalue weighted by molar-refractivity contribution is 6.30. The van der Waals surface area contributed by atoms with Crippen molar-refractivity contribution in [1.29, 1.82) is 0 Å². The van der Waals surface area contributed by atoms with Crippen LogP contribution in [0.3, 0.4) is 0 Å². The van der Waals surface area contributed by atoms with Crippen molar-refractivity contribution in [2.75, 3.05) is 13.6 Å². The minimum Gasteiger partial charge on any atom is -0.316 e. The van der Waals surface area contributed by atoms with Crippen molar-refractivity contribution in [3.63, 3.8) is 0 Å². The van der Waals surface area contributed by atoms with Gasteiger partial charge in [0.1, 0.15) is 5.82 Å². The van der Waals surface area contributed by atoms with Crippen LogP contribution in [0, 0.1) is 5.82 Å². The molecule has 0 aliphatic carbocycles. The summed E-state index contributed by atoms with van der Waals surface area (Å²) in [6.07, 6.45) is 2.74. The predicted molar refractivity (Wildman–Crippen MR) is 63.6 cm³/mol. The molecular weight excluding hydrogens is 213 g/mol. The average molecular weight is 228 g/mol. The Morgan fingerprint density at radius 1 is 1.53 bits per heavy atom. The third-order valence-corrected chi connectivity index (χ3v) is 2.41. The van der Waals surface area contributed by atoms with Crippen LogP contribution in [0.4, 0.5) is 4.39 Å². The summed E-state index contributed by atoms with van der Waals surface area (Å²) >= 11 is 5.81. The summed E-state index contributed by atoms with van der Waals surface area (Å²) in [5, 5.41) is 3.61. The van der Waals surface area contributed by atoms with Gasteiger partial charge in [0, 0.05) is 17.1 Å². The highest BCUT2D eigenvalue weighted by atomic mass is 35.5. The first-order valence-corrected chi connectivity index (χ1v) is 5.34. The maximum absolute atomic E-state index is 13.4. The Morgan fingerprint density at radius 2 is 2.27 bits per heavy atom. The molecule has 1 N–H and O–H groups in total. The van der Waals surface area contributed by atoms with Crippen LogP contribution < -0.4 is 5.32 Å². The maximum Gasteiger partial charge on any atom is 0.130 e. The quantitative estimate of drug-likeness (QED) is 0.830. The molecule has 1 rings (SSSR count). The van der Waals surface area contributed by atoms with Gasteiger partial charge >= 0.3 is 0 Å². The Kier molecular flexibility index (Phi) is 4.79. The van der Waals surface area contributed by atoms with Crippen molar-refractivity contribution in [2.24, 2.45) is 0 Å². The van der Waals surface area contributed by atoms with E-state index in [1.54, 1.807) is 12.1 Å². The van der Waals surface area contributed by atoms with Crippen LogP contribution in [0.25, 0.3) is 6.08 Å². The Bertz CT molecular complexity index is 361. The maximum atomic E-state index is 13.4. The minimum atomic E-state index is -0.235. The van der Waals surface area contributed by atoms with Gasteiger partial charge in [0.15, 0.2) is 0 Å². The van der Waals surface area contributed by atoms with Gasteiger partial charge < -0.3 is 5.32 Å². The molecule has 3 heteroatoms. The molecule has 0 heterocycles. The van der Waals surface area contributed by atoms with Crippen LogP contribution in [0.2, 0.25) is 5.02 Å². The molecule has 0 saturated heterocycles. The minimum absolute atomic E-state index is 0.235. The van der Waals surface area contributed by atoms with Crippen molar-refractivity contribution in [2.45, 2.75) is 13.3 Å². The molecule has 0 fully saturated rings. The molecule has 0 spiro atoms. The van der Waals surface area contributed by atoms with Crippen LogP contribution in [-0.4, -0.2) is 13.6 Å². The highest BCUT2D eigenvalue weighted by Crippen LogP contribution is 2.18. The van der Waals surface area contributed by atoms with E-state index in [1.165, 1.54) is 6.07 Å². The molecule has 0 atom stereocenters. The van der Waals surface area contributed by atoms with Crippen molar-refractivity contribution >= 4 is 17.7 Å². The summed E-state index contributed by atoms with van der Waals surface area (Å²) < 4.78 is 13.4. The molecule has 0 aromatic heterocycles. The van der Waals surface area contributed by atoms with E-state index in [0.29, 0.717) is 10.6 Å². The number of nitrogens with one attached hydrogen (secondary N) is 1. The van der Waals surface area contributed by atoms with E-state index in [4.69, 9.17) is 11.6 Å².